The lowest BCUT2D eigenvalue weighted by atomic mass is 9.98. The fraction of sp³-hybridized carbons (Fsp3) is 0.250. The number of hydrogen-bond acceptors (Lipinski definition) is 1. The summed E-state index contributed by atoms with van der Waals surface area (Å²) in [5.74, 6) is -0.264. The highest BCUT2D eigenvalue weighted by molar-refractivity contribution is 9.11. The van der Waals surface area contributed by atoms with Gasteiger partial charge in [0.2, 0.25) is 0 Å². The number of benzene rings is 2. The Bertz CT molecular complexity index is 582. The van der Waals surface area contributed by atoms with E-state index >= 15 is 0 Å². The fourth-order valence-electron chi connectivity index (χ4n) is 2.15. The molecule has 0 bridgehead atoms. The lowest BCUT2D eigenvalue weighted by Crippen LogP contribution is -2.24. The molecule has 2 aromatic carbocycles. The summed E-state index contributed by atoms with van der Waals surface area (Å²) in [7, 11) is 0. The van der Waals surface area contributed by atoms with Crippen molar-refractivity contribution in [2.24, 2.45) is 0 Å². The SMILES string of the molecule is CCCNC(c1cc(Cl)ccc1F)c1cc(Br)ccc1Br. The van der Waals surface area contributed by atoms with Crippen LogP contribution in [0.25, 0.3) is 0 Å². The molecule has 0 aromatic heterocycles. The maximum Gasteiger partial charge on any atom is 0.128 e. The van der Waals surface area contributed by atoms with Gasteiger partial charge in [0.05, 0.1) is 6.04 Å². The summed E-state index contributed by atoms with van der Waals surface area (Å²) in [5, 5.41) is 3.92. The molecule has 1 nitrogen and oxygen atoms in total. The summed E-state index contributed by atoms with van der Waals surface area (Å²) in [6.45, 7) is 2.86. The third-order valence-corrected chi connectivity index (χ3v) is 4.59. The molecule has 21 heavy (non-hydrogen) atoms. The van der Waals surface area contributed by atoms with Gasteiger partial charge in [-0.05, 0) is 54.9 Å². The fourth-order valence-corrected chi connectivity index (χ4v) is 3.18. The van der Waals surface area contributed by atoms with Crippen LogP contribution < -0.4 is 5.32 Å². The maximum atomic E-state index is 14.2. The van der Waals surface area contributed by atoms with Gasteiger partial charge in [-0.3, -0.25) is 0 Å². The molecule has 0 fully saturated rings. The summed E-state index contributed by atoms with van der Waals surface area (Å²) >= 11 is 13.1. The minimum absolute atomic E-state index is 0.254. The molecule has 2 rings (SSSR count). The molecular weight excluding hydrogens is 420 g/mol. The zero-order chi connectivity index (χ0) is 15.4. The van der Waals surface area contributed by atoms with Gasteiger partial charge in [-0.25, -0.2) is 4.39 Å². The quantitative estimate of drug-likeness (QED) is 0.599. The van der Waals surface area contributed by atoms with Crippen molar-refractivity contribution in [1.82, 2.24) is 5.32 Å². The van der Waals surface area contributed by atoms with E-state index in [1.54, 1.807) is 12.1 Å². The Hall–Kier alpha value is -0.420. The molecule has 0 aliphatic heterocycles. The van der Waals surface area contributed by atoms with Crippen molar-refractivity contribution in [2.45, 2.75) is 19.4 Å². The number of rotatable bonds is 5. The number of hydrogen-bond donors (Lipinski definition) is 1. The van der Waals surface area contributed by atoms with Gasteiger partial charge in [0.15, 0.2) is 0 Å². The van der Waals surface area contributed by atoms with Crippen molar-refractivity contribution in [2.75, 3.05) is 6.54 Å². The first-order valence-corrected chi connectivity index (χ1v) is 8.62. The first-order chi connectivity index (χ1) is 10.0. The highest BCUT2D eigenvalue weighted by Crippen LogP contribution is 2.33. The molecule has 1 unspecified atom stereocenters. The average Bonchev–Trinajstić information content (AvgIpc) is 2.46. The molecule has 0 saturated carbocycles. The van der Waals surface area contributed by atoms with Gasteiger partial charge in [-0.15, -0.1) is 0 Å². The first-order valence-electron chi connectivity index (χ1n) is 6.66. The van der Waals surface area contributed by atoms with Crippen LogP contribution in [0.1, 0.15) is 30.5 Å². The van der Waals surface area contributed by atoms with Crippen LogP contribution in [-0.4, -0.2) is 6.54 Å². The van der Waals surface area contributed by atoms with Gasteiger partial charge >= 0.3 is 0 Å². The minimum atomic E-state index is -0.264. The second kappa shape index (κ2) is 7.73. The molecular formula is C16H15Br2ClFN. The summed E-state index contributed by atoms with van der Waals surface area (Å²) < 4.78 is 16.1. The zero-order valence-corrected chi connectivity index (χ0v) is 15.4. The van der Waals surface area contributed by atoms with Crippen molar-refractivity contribution in [3.63, 3.8) is 0 Å². The lowest BCUT2D eigenvalue weighted by molar-refractivity contribution is 0.545. The minimum Gasteiger partial charge on any atom is -0.306 e. The molecule has 2 aromatic rings. The van der Waals surface area contributed by atoms with Crippen LogP contribution in [0.5, 0.6) is 0 Å². The lowest BCUT2D eigenvalue weighted by Gasteiger charge is -2.22. The molecule has 5 heteroatoms. The second-order valence-electron chi connectivity index (χ2n) is 4.72. The third-order valence-electron chi connectivity index (χ3n) is 3.14. The first kappa shape index (κ1) is 16.9. The highest BCUT2D eigenvalue weighted by Gasteiger charge is 2.20. The van der Waals surface area contributed by atoms with E-state index in [4.69, 9.17) is 11.6 Å². The van der Waals surface area contributed by atoms with E-state index < -0.39 is 0 Å². The Balaban J connectivity index is 2.52. The molecule has 1 N–H and O–H groups in total. The van der Waals surface area contributed by atoms with Crippen LogP contribution in [0.15, 0.2) is 45.3 Å². The van der Waals surface area contributed by atoms with Gasteiger partial charge in [0.25, 0.3) is 0 Å². The van der Waals surface area contributed by atoms with E-state index in [0.717, 1.165) is 27.5 Å². The Morgan fingerprint density at radius 2 is 1.90 bits per heavy atom. The molecule has 0 saturated heterocycles. The third kappa shape index (κ3) is 4.28. The summed E-state index contributed by atoms with van der Waals surface area (Å²) in [6, 6.07) is 10.3. The standard InChI is InChI=1S/C16H15Br2ClFN/c1-2-7-21-16(12-8-10(17)3-5-14(12)18)13-9-11(19)4-6-15(13)20/h3-6,8-9,16,21H,2,7H2,1H3. The Labute approximate surface area is 146 Å². The van der Waals surface area contributed by atoms with Gasteiger partial charge in [-0.2, -0.15) is 0 Å². The van der Waals surface area contributed by atoms with Crippen LogP contribution in [0, 0.1) is 5.82 Å². The Kier molecular flexibility index (Phi) is 6.23. The predicted molar refractivity (Wildman–Crippen MR) is 93.4 cm³/mol. The number of nitrogens with one attached hydrogen (secondary N) is 1. The smallest absolute Gasteiger partial charge is 0.128 e. The molecule has 0 aliphatic carbocycles. The zero-order valence-electron chi connectivity index (χ0n) is 11.5. The summed E-state index contributed by atoms with van der Waals surface area (Å²) in [4.78, 5) is 0. The van der Waals surface area contributed by atoms with Crippen molar-refractivity contribution in [1.29, 1.82) is 0 Å². The van der Waals surface area contributed by atoms with Crippen molar-refractivity contribution in [3.05, 3.63) is 67.3 Å². The second-order valence-corrected chi connectivity index (χ2v) is 6.93. The topological polar surface area (TPSA) is 12.0 Å². The molecule has 0 aliphatic rings. The highest BCUT2D eigenvalue weighted by atomic mass is 79.9. The van der Waals surface area contributed by atoms with Gasteiger partial charge in [0, 0.05) is 19.5 Å². The summed E-state index contributed by atoms with van der Waals surface area (Å²) in [6.07, 6.45) is 0.963. The van der Waals surface area contributed by atoms with E-state index in [2.05, 4.69) is 44.1 Å². The molecule has 112 valence electrons. The number of halogens is 4. The van der Waals surface area contributed by atoms with Crippen molar-refractivity contribution >= 4 is 43.5 Å². The molecule has 0 spiro atoms. The van der Waals surface area contributed by atoms with E-state index in [-0.39, 0.29) is 11.9 Å². The Morgan fingerprint density at radius 3 is 2.62 bits per heavy atom. The van der Waals surface area contributed by atoms with Crippen molar-refractivity contribution < 1.29 is 4.39 Å². The molecule has 0 amide bonds. The maximum absolute atomic E-state index is 14.2. The normalized spacial score (nSPS) is 12.4. The van der Waals surface area contributed by atoms with Crippen LogP contribution in [0.3, 0.4) is 0 Å². The van der Waals surface area contributed by atoms with Gasteiger partial charge < -0.3 is 5.32 Å². The van der Waals surface area contributed by atoms with E-state index in [9.17, 15) is 4.39 Å². The van der Waals surface area contributed by atoms with E-state index in [1.807, 2.05) is 18.2 Å². The predicted octanol–water partition coefficient (Wildman–Crippen LogP) is 6.09. The largest absolute Gasteiger partial charge is 0.306 e. The van der Waals surface area contributed by atoms with Crippen molar-refractivity contribution in [3.8, 4) is 0 Å². The Morgan fingerprint density at radius 1 is 1.14 bits per heavy atom. The van der Waals surface area contributed by atoms with Gasteiger partial charge in [0.1, 0.15) is 5.82 Å². The van der Waals surface area contributed by atoms with E-state index in [0.29, 0.717) is 10.6 Å². The van der Waals surface area contributed by atoms with Crippen LogP contribution in [0.4, 0.5) is 4.39 Å². The molecule has 1 atom stereocenters. The summed E-state index contributed by atoms with van der Waals surface area (Å²) in [5.41, 5.74) is 1.52. The monoisotopic (exact) mass is 433 g/mol. The van der Waals surface area contributed by atoms with Crippen LogP contribution >= 0.6 is 43.5 Å². The van der Waals surface area contributed by atoms with E-state index in [1.165, 1.54) is 6.07 Å². The molecule has 0 heterocycles. The molecule has 0 radical (unpaired) electrons. The average molecular weight is 436 g/mol. The van der Waals surface area contributed by atoms with Crippen LogP contribution in [0.2, 0.25) is 5.02 Å². The van der Waals surface area contributed by atoms with Crippen LogP contribution in [-0.2, 0) is 0 Å². The van der Waals surface area contributed by atoms with Gasteiger partial charge in [-0.1, -0.05) is 50.4 Å².